The average Bonchev–Trinajstić information content (AvgIpc) is 2.58. The smallest absolute Gasteiger partial charge is 0.310 e. The van der Waals surface area contributed by atoms with E-state index in [1.54, 1.807) is 23.9 Å². The fourth-order valence-corrected chi connectivity index (χ4v) is 2.59. The van der Waals surface area contributed by atoms with Crippen molar-refractivity contribution in [1.82, 2.24) is 5.32 Å². The fourth-order valence-electron chi connectivity index (χ4n) is 1.80. The van der Waals surface area contributed by atoms with Crippen molar-refractivity contribution in [2.75, 3.05) is 18.9 Å². The van der Waals surface area contributed by atoms with Crippen LogP contribution in [0.4, 0.5) is 5.69 Å². The number of carbonyl (C=O) groups excluding carboxylic acids is 1. The molecule has 0 aliphatic heterocycles. The lowest BCUT2D eigenvalue weighted by molar-refractivity contribution is -0.385. The zero-order chi connectivity index (χ0) is 16.5. The Hall–Kier alpha value is -2.54. The van der Waals surface area contributed by atoms with Crippen LogP contribution in [0, 0.1) is 10.1 Å². The van der Waals surface area contributed by atoms with E-state index in [0.29, 0.717) is 6.54 Å². The largest absolute Gasteiger partial charge is 0.477 e. The minimum atomic E-state index is -0.538. The zero-order valence-electron chi connectivity index (χ0n) is 12.3. The van der Waals surface area contributed by atoms with E-state index in [1.807, 2.05) is 30.3 Å². The first kappa shape index (κ1) is 16.8. The van der Waals surface area contributed by atoms with Crippen molar-refractivity contribution in [3.05, 3.63) is 64.7 Å². The summed E-state index contributed by atoms with van der Waals surface area (Å²) in [6.45, 7) is 0.249. The molecule has 0 radical (unpaired) electrons. The minimum Gasteiger partial charge on any atom is -0.477 e. The van der Waals surface area contributed by atoms with Gasteiger partial charge in [-0.1, -0.05) is 30.3 Å². The lowest BCUT2D eigenvalue weighted by Crippen LogP contribution is -2.30. The third-order valence-corrected chi connectivity index (χ3v) is 3.87. The first-order chi connectivity index (χ1) is 11.2. The molecular weight excluding hydrogens is 316 g/mol. The van der Waals surface area contributed by atoms with Gasteiger partial charge in [0.05, 0.1) is 4.92 Å². The summed E-state index contributed by atoms with van der Waals surface area (Å²) in [4.78, 5) is 23.1. The SMILES string of the molecule is O=C(COc1ccccc1[N+](=O)[O-])NCCSc1ccccc1. The quantitative estimate of drug-likeness (QED) is 0.348. The van der Waals surface area contributed by atoms with Gasteiger partial charge in [-0.2, -0.15) is 0 Å². The van der Waals surface area contributed by atoms with Gasteiger partial charge >= 0.3 is 5.69 Å². The molecule has 0 unspecified atom stereocenters. The van der Waals surface area contributed by atoms with Crippen molar-refractivity contribution < 1.29 is 14.5 Å². The van der Waals surface area contributed by atoms with E-state index in [4.69, 9.17) is 4.74 Å². The standard InChI is InChI=1S/C16H16N2O4S/c19-16(17-10-11-23-13-6-2-1-3-7-13)12-22-15-9-5-4-8-14(15)18(20)21/h1-9H,10-12H2,(H,17,19). The van der Waals surface area contributed by atoms with Crippen molar-refractivity contribution in [3.63, 3.8) is 0 Å². The molecule has 1 N–H and O–H groups in total. The summed E-state index contributed by atoms with van der Waals surface area (Å²) in [6, 6.07) is 15.9. The van der Waals surface area contributed by atoms with Gasteiger partial charge in [-0.05, 0) is 18.2 Å². The first-order valence-corrected chi connectivity index (χ1v) is 7.96. The van der Waals surface area contributed by atoms with Crippen LogP contribution in [-0.2, 0) is 4.79 Å². The molecule has 1 amide bonds. The van der Waals surface area contributed by atoms with E-state index >= 15 is 0 Å². The van der Waals surface area contributed by atoms with Crippen molar-refractivity contribution in [3.8, 4) is 5.75 Å². The van der Waals surface area contributed by atoms with Crippen molar-refractivity contribution in [1.29, 1.82) is 0 Å². The van der Waals surface area contributed by atoms with E-state index in [9.17, 15) is 14.9 Å². The Morgan fingerprint density at radius 3 is 2.57 bits per heavy atom. The van der Waals surface area contributed by atoms with Crippen LogP contribution in [-0.4, -0.2) is 29.7 Å². The Labute approximate surface area is 138 Å². The number of thioether (sulfide) groups is 1. The molecule has 0 saturated carbocycles. The number of para-hydroxylation sites is 2. The highest BCUT2D eigenvalue weighted by Crippen LogP contribution is 2.25. The average molecular weight is 332 g/mol. The molecule has 0 atom stereocenters. The third-order valence-electron chi connectivity index (χ3n) is 2.86. The summed E-state index contributed by atoms with van der Waals surface area (Å²) in [5, 5.41) is 13.6. The predicted octanol–water partition coefficient (Wildman–Crippen LogP) is 2.88. The van der Waals surface area contributed by atoms with Crippen LogP contribution in [0.2, 0.25) is 0 Å². The second kappa shape index (κ2) is 8.79. The van der Waals surface area contributed by atoms with Gasteiger partial charge in [-0.15, -0.1) is 11.8 Å². The summed E-state index contributed by atoms with van der Waals surface area (Å²) < 4.78 is 5.22. The second-order valence-corrected chi connectivity index (χ2v) is 5.69. The lowest BCUT2D eigenvalue weighted by Gasteiger charge is -2.07. The topological polar surface area (TPSA) is 81.5 Å². The molecular formula is C16H16N2O4S. The molecule has 0 heterocycles. The Morgan fingerprint density at radius 1 is 1.13 bits per heavy atom. The molecule has 0 aliphatic rings. The molecule has 0 aliphatic carbocycles. The summed E-state index contributed by atoms with van der Waals surface area (Å²) in [5.74, 6) is 0.518. The third kappa shape index (κ3) is 5.63. The van der Waals surface area contributed by atoms with Crippen molar-refractivity contribution in [2.24, 2.45) is 0 Å². The molecule has 23 heavy (non-hydrogen) atoms. The molecule has 2 aromatic carbocycles. The molecule has 0 bridgehead atoms. The molecule has 0 fully saturated rings. The van der Waals surface area contributed by atoms with E-state index in [1.165, 1.54) is 12.1 Å². The summed E-state index contributed by atoms with van der Waals surface area (Å²) in [5.41, 5.74) is -0.153. The molecule has 2 aromatic rings. The lowest BCUT2D eigenvalue weighted by atomic mass is 10.3. The van der Waals surface area contributed by atoms with Crippen LogP contribution < -0.4 is 10.1 Å². The van der Waals surface area contributed by atoms with Crippen LogP contribution in [0.25, 0.3) is 0 Å². The van der Waals surface area contributed by atoms with Gasteiger partial charge in [0, 0.05) is 23.3 Å². The van der Waals surface area contributed by atoms with Crippen LogP contribution >= 0.6 is 11.8 Å². The van der Waals surface area contributed by atoms with Gasteiger partial charge in [0.15, 0.2) is 12.4 Å². The van der Waals surface area contributed by atoms with Crippen molar-refractivity contribution >= 4 is 23.4 Å². The summed E-state index contributed by atoms with van der Waals surface area (Å²) >= 11 is 1.64. The van der Waals surface area contributed by atoms with Crippen LogP contribution in [0.5, 0.6) is 5.75 Å². The number of nitrogens with zero attached hydrogens (tertiary/aromatic N) is 1. The number of nitrogens with one attached hydrogen (secondary N) is 1. The number of ether oxygens (including phenoxy) is 1. The van der Waals surface area contributed by atoms with Gasteiger partial charge in [0.1, 0.15) is 0 Å². The Bertz CT molecular complexity index is 664. The highest BCUT2D eigenvalue weighted by Gasteiger charge is 2.14. The number of nitro groups is 1. The maximum Gasteiger partial charge on any atom is 0.310 e. The second-order valence-electron chi connectivity index (χ2n) is 4.52. The monoisotopic (exact) mass is 332 g/mol. The highest BCUT2D eigenvalue weighted by atomic mass is 32.2. The normalized spacial score (nSPS) is 10.1. The summed E-state index contributed by atoms with van der Waals surface area (Å²) in [7, 11) is 0. The Balaban J connectivity index is 1.70. The molecule has 7 heteroatoms. The van der Waals surface area contributed by atoms with Gasteiger partial charge in [-0.3, -0.25) is 14.9 Å². The molecule has 6 nitrogen and oxygen atoms in total. The molecule has 120 valence electrons. The fraction of sp³-hybridized carbons (Fsp3) is 0.188. The minimum absolute atomic E-state index is 0.0892. The van der Waals surface area contributed by atoms with Crippen molar-refractivity contribution in [2.45, 2.75) is 4.90 Å². The number of benzene rings is 2. The Morgan fingerprint density at radius 2 is 1.83 bits per heavy atom. The van der Waals surface area contributed by atoms with Gasteiger partial charge in [0.25, 0.3) is 5.91 Å². The number of hydrogen-bond acceptors (Lipinski definition) is 5. The van der Waals surface area contributed by atoms with E-state index in [-0.39, 0.29) is 24.0 Å². The maximum atomic E-state index is 11.7. The van der Waals surface area contributed by atoms with Crippen LogP contribution in [0.15, 0.2) is 59.5 Å². The molecule has 0 spiro atoms. The maximum absolute atomic E-state index is 11.7. The zero-order valence-corrected chi connectivity index (χ0v) is 13.1. The number of rotatable bonds is 8. The van der Waals surface area contributed by atoms with E-state index in [0.717, 1.165) is 10.6 Å². The van der Waals surface area contributed by atoms with E-state index < -0.39 is 4.92 Å². The van der Waals surface area contributed by atoms with Gasteiger partial charge in [-0.25, -0.2) is 0 Å². The molecule has 0 aromatic heterocycles. The highest BCUT2D eigenvalue weighted by molar-refractivity contribution is 7.99. The first-order valence-electron chi connectivity index (χ1n) is 6.97. The number of hydrogen-bond donors (Lipinski definition) is 1. The van der Waals surface area contributed by atoms with E-state index in [2.05, 4.69) is 5.32 Å². The molecule has 2 rings (SSSR count). The van der Waals surface area contributed by atoms with Gasteiger partial charge in [0.2, 0.25) is 0 Å². The number of amides is 1. The van der Waals surface area contributed by atoms with Gasteiger partial charge < -0.3 is 10.1 Å². The summed E-state index contributed by atoms with van der Waals surface area (Å²) in [6.07, 6.45) is 0. The van der Waals surface area contributed by atoms with Crippen LogP contribution in [0.3, 0.4) is 0 Å². The van der Waals surface area contributed by atoms with Crippen LogP contribution in [0.1, 0.15) is 0 Å². The predicted molar refractivity (Wildman–Crippen MR) is 88.8 cm³/mol. The Kier molecular flexibility index (Phi) is 6.43. The molecule has 0 saturated heterocycles. The number of carbonyl (C=O) groups is 1. The number of nitro benzene ring substituents is 1.